The van der Waals surface area contributed by atoms with Gasteiger partial charge in [-0.05, 0) is 32.0 Å². The summed E-state index contributed by atoms with van der Waals surface area (Å²) in [6, 6.07) is 5.57. The van der Waals surface area contributed by atoms with Gasteiger partial charge in [-0.15, -0.1) is 0 Å². The molecule has 0 aliphatic carbocycles. The highest BCUT2D eigenvalue weighted by atomic mass is 16.5. The number of primary amides is 1. The molecule has 0 radical (unpaired) electrons. The number of aliphatic hydroxyl groups excluding tert-OH is 1. The quantitative estimate of drug-likeness (QED) is 0.802. The van der Waals surface area contributed by atoms with Crippen LogP contribution in [0.2, 0.25) is 0 Å². The Morgan fingerprint density at radius 1 is 1.55 bits per heavy atom. The zero-order valence-electron chi connectivity index (χ0n) is 11.6. The summed E-state index contributed by atoms with van der Waals surface area (Å²) in [5.41, 5.74) is 5.40. The van der Waals surface area contributed by atoms with Gasteiger partial charge in [0.1, 0.15) is 23.5 Å². The summed E-state index contributed by atoms with van der Waals surface area (Å²) in [6.45, 7) is 3.56. The summed E-state index contributed by atoms with van der Waals surface area (Å²) in [5.74, 6) is 0.510. The van der Waals surface area contributed by atoms with Crippen LogP contribution in [0.15, 0.2) is 18.2 Å². The molecule has 0 fully saturated rings. The van der Waals surface area contributed by atoms with E-state index in [-0.39, 0.29) is 0 Å². The monoisotopic (exact) mass is 275 g/mol. The summed E-state index contributed by atoms with van der Waals surface area (Å²) in [4.78, 5) is 12.7. The van der Waals surface area contributed by atoms with E-state index >= 15 is 0 Å². The number of benzene rings is 1. The van der Waals surface area contributed by atoms with Crippen molar-refractivity contribution in [3.05, 3.63) is 29.3 Å². The third-order valence-corrected chi connectivity index (χ3v) is 3.61. The lowest BCUT2D eigenvalue weighted by Gasteiger charge is -2.46. The number of rotatable bonds is 1. The van der Waals surface area contributed by atoms with Gasteiger partial charge in [0.25, 0.3) is 0 Å². The van der Waals surface area contributed by atoms with Crippen LogP contribution in [-0.2, 0) is 0 Å². The van der Waals surface area contributed by atoms with Crippen LogP contribution < -0.4 is 10.5 Å². The Kier molecular flexibility index (Phi) is 3.32. The average Bonchev–Trinajstić information content (AvgIpc) is 2.37. The van der Waals surface area contributed by atoms with Gasteiger partial charge in [0.2, 0.25) is 0 Å². The molecule has 1 aliphatic rings. The lowest BCUT2D eigenvalue weighted by atomic mass is 9.85. The number of hydrogen-bond acceptors (Lipinski definition) is 4. The van der Waals surface area contributed by atoms with Crippen molar-refractivity contribution in [1.82, 2.24) is 4.90 Å². The predicted octanol–water partition coefficient (Wildman–Crippen LogP) is 1.14. The molecule has 1 aromatic rings. The molecule has 20 heavy (non-hydrogen) atoms. The summed E-state index contributed by atoms with van der Waals surface area (Å²) in [6.07, 6.45) is -0.973. The lowest BCUT2D eigenvalue weighted by molar-refractivity contribution is -0.0606. The first-order valence-electron chi connectivity index (χ1n) is 6.21. The fourth-order valence-electron chi connectivity index (χ4n) is 2.65. The molecular formula is C14H17N3O3. The molecule has 2 amide bonds. The number of urea groups is 1. The van der Waals surface area contributed by atoms with Crippen molar-refractivity contribution in [2.45, 2.75) is 31.6 Å². The zero-order chi connectivity index (χ0) is 15.1. The Morgan fingerprint density at radius 3 is 2.75 bits per heavy atom. The first-order valence-corrected chi connectivity index (χ1v) is 6.21. The average molecular weight is 275 g/mol. The zero-order valence-corrected chi connectivity index (χ0v) is 11.6. The molecule has 2 atom stereocenters. The van der Waals surface area contributed by atoms with Crippen LogP contribution in [0, 0.1) is 11.3 Å². The van der Waals surface area contributed by atoms with Crippen LogP contribution in [0.5, 0.6) is 5.75 Å². The van der Waals surface area contributed by atoms with Crippen molar-refractivity contribution in [2.24, 2.45) is 5.73 Å². The molecule has 0 unspecified atom stereocenters. The van der Waals surface area contributed by atoms with E-state index in [0.29, 0.717) is 16.9 Å². The van der Waals surface area contributed by atoms with Crippen LogP contribution in [0.3, 0.4) is 0 Å². The predicted molar refractivity (Wildman–Crippen MR) is 72.0 cm³/mol. The molecule has 6 nitrogen and oxygen atoms in total. The Morgan fingerprint density at radius 2 is 2.20 bits per heavy atom. The molecule has 106 valence electrons. The smallest absolute Gasteiger partial charge is 0.315 e. The van der Waals surface area contributed by atoms with Gasteiger partial charge < -0.3 is 20.5 Å². The first kappa shape index (κ1) is 14.2. The normalized spacial score (nSPS) is 23.1. The number of fused-ring (bicyclic) bond motifs is 1. The number of hydrogen-bond donors (Lipinski definition) is 2. The maximum atomic E-state index is 11.4. The standard InChI is InChI=1S/C14H17N3O3/c1-14(2)12(17(3)13(16)19)11(18)9-6-8(7-15)4-5-10(9)20-14/h4-6,11-12,18H,1-3H3,(H2,16,19)/t11-,12+/m0/s1. The topological polar surface area (TPSA) is 99.6 Å². The highest BCUT2D eigenvalue weighted by Crippen LogP contribution is 2.42. The molecular weight excluding hydrogens is 258 g/mol. The maximum Gasteiger partial charge on any atom is 0.315 e. The molecule has 1 heterocycles. The third kappa shape index (κ3) is 2.17. The molecule has 1 aliphatic heterocycles. The molecule has 0 bridgehead atoms. The van der Waals surface area contributed by atoms with Crippen molar-refractivity contribution in [3.63, 3.8) is 0 Å². The van der Waals surface area contributed by atoms with E-state index < -0.39 is 23.8 Å². The number of carbonyl (C=O) groups is 1. The molecule has 6 heteroatoms. The van der Waals surface area contributed by atoms with Gasteiger partial charge in [-0.2, -0.15) is 5.26 Å². The van der Waals surface area contributed by atoms with E-state index in [4.69, 9.17) is 15.7 Å². The minimum Gasteiger partial charge on any atom is -0.485 e. The molecule has 0 spiro atoms. The van der Waals surface area contributed by atoms with E-state index in [1.165, 1.54) is 11.9 Å². The van der Waals surface area contributed by atoms with Crippen LogP contribution in [0.4, 0.5) is 4.79 Å². The molecule has 1 aromatic carbocycles. The highest BCUT2D eigenvalue weighted by Gasteiger charge is 2.46. The number of aliphatic hydroxyl groups is 1. The molecule has 3 N–H and O–H groups in total. The van der Waals surface area contributed by atoms with Gasteiger partial charge in [-0.3, -0.25) is 0 Å². The molecule has 0 aromatic heterocycles. The second kappa shape index (κ2) is 4.69. The summed E-state index contributed by atoms with van der Waals surface area (Å²) < 4.78 is 5.85. The molecule has 0 saturated carbocycles. The Balaban J connectivity index is 2.52. The van der Waals surface area contributed by atoms with E-state index in [1.807, 2.05) is 6.07 Å². The van der Waals surface area contributed by atoms with Crippen molar-refractivity contribution < 1.29 is 14.6 Å². The summed E-state index contributed by atoms with van der Waals surface area (Å²) in [7, 11) is 1.51. The van der Waals surface area contributed by atoms with Crippen LogP contribution in [-0.4, -0.2) is 34.7 Å². The van der Waals surface area contributed by atoms with Gasteiger partial charge in [0.05, 0.1) is 11.6 Å². The van der Waals surface area contributed by atoms with Gasteiger partial charge in [-0.25, -0.2) is 4.79 Å². The van der Waals surface area contributed by atoms with Gasteiger partial charge in [0, 0.05) is 12.6 Å². The Bertz CT molecular complexity index is 592. The number of ether oxygens (including phenoxy) is 1. The summed E-state index contributed by atoms with van der Waals surface area (Å²) in [5, 5.41) is 19.5. The number of nitrogens with zero attached hydrogens (tertiary/aromatic N) is 2. The van der Waals surface area contributed by atoms with Gasteiger partial charge >= 0.3 is 6.03 Å². The van der Waals surface area contributed by atoms with Crippen LogP contribution >= 0.6 is 0 Å². The fourth-order valence-corrected chi connectivity index (χ4v) is 2.65. The van der Waals surface area contributed by atoms with Crippen LogP contribution in [0.25, 0.3) is 0 Å². The van der Waals surface area contributed by atoms with E-state index in [1.54, 1.807) is 32.0 Å². The van der Waals surface area contributed by atoms with Crippen molar-refractivity contribution in [3.8, 4) is 11.8 Å². The van der Waals surface area contributed by atoms with E-state index in [2.05, 4.69) is 0 Å². The highest BCUT2D eigenvalue weighted by molar-refractivity contribution is 5.72. The maximum absolute atomic E-state index is 11.4. The second-order valence-corrected chi connectivity index (χ2v) is 5.41. The number of carbonyl (C=O) groups excluding carboxylic acids is 1. The van der Waals surface area contributed by atoms with Crippen molar-refractivity contribution in [1.29, 1.82) is 5.26 Å². The molecule has 2 rings (SSSR count). The Hall–Kier alpha value is -2.26. The minimum atomic E-state index is -0.973. The SMILES string of the molecule is CN(C(N)=O)[C@@H]1[C@@H](O)c2cc(C#N)ccc2OC1(C)C. The first-order chi connectivity index (χ1) is 9.27. The lowest BCUT2D eigenvalue weighted by Crippen LogP contribution is -2.59. The number of nitrogens with two attached hydrogens (primary N) is 1. The number of likely N-dealkylation sites (N-methyl/N-ethyl adjacent to an activating group) is 1. The van der Waals surface area contributed by atoms with Crippen molar-refractivity contribution in [2.75, 3.05) is 7.05 Å². The van der Waals surface area contributed by atoms with Gasteiger partial charge in [0.15, 0.2) is 0 Å². The largest absolute Gasteiger partial charge is 0.485 e. The Labute approximate surface area is 117 Å². The second-order valence-electron chi connectivity index (χ2n) is 5.41. The molecule has 0 saturated heterocycles. The minimum absolute atomic E-state index is 0.423. The fraction of sp³-hybridized carbons (Fsp3) is 0.429. The number of nitriles is 1. The summed E-state index contributed by atoms with van der Waals surface area (Å²) >= 11 is 0. The number of amides is 2. The van der Waals surface area contributed by atoms with E-state index in [0.717, 1.165) is 0 Å². The van der Waals surface area contributed by atoms with Gasteiger partial charge in [-0.1, -0.05) is 0 Å². The van der Waals surface area contributed by atoms with E-state index in [9.17, 15) is 9.90 Å². The van der Waals surface area contributed by atoms with Crippen LogP contribution in [0.1, 0.15) is 31.1 Å². The van der Waals surface area contributed by atoms with Crippen molar-refractivity contribution >= 4 is 6.03 Å². The third-order valence-electron chi connectivity index (χ3n) is 3.61.